The SMILES string of the molecule is c1ccc(-c2cccc3ccc(-c4ccc5cccc(-c6cc(-c7ccccc7)c7ccccc7n6)c5c4)cc23)cc1. The molecule has 0 unspecified atom stereocenters. The van der Waals surface area contributed by atoms with Gasteiger partial charge < -0.3 is 0 Å². The van der Waals surface area contributed by atoms with E-state index in [1.807, 2.05) is 0 Å². The van der Waals surface area contributed by atoms with E-state index in [-0.39, 0.29) is 0 Å². The second-order valence-electron chi connectivity index (χ2n) is 10.8. The van der Waals surface area contributed by atoms with Gasteiger partial charge in [-0.1, -0.05) is 140 Å². The summed E-state index contributed by atoms with van der Waals surface area (Å²) in [4.78, 5) is 5.17. The zero-order valence-corrected chi connectivity index (χ0v) is 23.0. The summed E-state index contributed by atoms with van der Waals surface area (Å²) in [6, 6.07) is 58.7. The Bertz CT molecular complexity index is 2230. The number of benzene rings is 7. The Balaban J connectivity index is 1.31. The molecule has 0 amide bonds. The lowest BCUT2D eigenvalue weighted by molar-refractivity contribution is 1.41. The van der Waals surface area contributed by atoms with Crippen LogP contribution in [0, 0.1) is 0 Å². The fourth-order valence-corrected chi connectivity index (χ4v) is 6.17. The smallest absolute Gasteiger partial charge is 0.0722 e. The molecule has 1 heteroatoms. The summed E-state index contributed by atoms with van der Waals surface area (Å²) in [5.41, 5.74) is 10.4. The average molecular weight is 534 g/mol. The number of rotatable bonds is 4. The van der Waals surface area contributed by atoms with Gasteiger partial charge in [-0.3, -0.25) is 0 Å². The first-order valence-corrected chi connectivity index (χ1v) is 14.4. The summed E-state index contributed by atoms with van der Waals surface area (Å²) in [7, 11) is 0. The maximum Gasteiger partial charge on any atom is 0.0722 e. The molecular weight excluding hydrogens is 506 g/mol. The van der Waals surface area contributed by atoms with Gasteiger partial charge in [0.1, 0.15) is 0 Å². The first-order chi connectivity index (χ1) is 20.8. The van der Waals surface area contributed by atoms with Crippen molar-refractivity contribution in [1.82, 2.24) is 4.98 Å². The van der Waals surface area contributed by atoms with Crippen LogP contribution in [0.15, 0.2) is 164 Å². The third-order valence-electron chi connectivity index (χ3n) is 8.26. The molecule has 0 fully saturated rings. The van der Waals surface area contributed by atoms with Crippen molar-refractivity contribution in [3.05, 3.63) is 164 Å². The van der Waals surface area contributed by atoms with Crippen molar-refractivity contribution in [2.75, 3.05) is 0 Å². The maximum absolute atomic E-state index is 5.17. The fourth-order valence-electron chi connectivity index (χ4n) is 6.17. The number of pyridine rings is 1. The number of hydrogen-bond acceptors (Lipinski definition) is 1. The van der Waals surface area contributed by atoms with E-state index >= 15 is 0 Å². The van der Waals surface area contributed by atoms with Crippen LogP contribution < -0.4 is 0 Å². The van der Waals surface area contributed by atoms with E-state index in [1.165, 1.54) is 60.3 Å². The van der Waals surface area contributed by atoms with Gasteiger partial charge in [-0.05, 0) is 79.2 Å². The van der Waals surface area contributed by atoms with Crippen LogP contribution in [0.4, 0.5) is 0 Å². The molecule has 0 spiro atoms. The van der Waals surface area contributed by atoms with Gasteiger partial charge >= 0.3 is 0 Å². The molecule has 8 rings (SSSR count). The zero-order chi connectivity index (χ0) is 27.9. The second kappa shape index (κ2) is 10.1. The third kappa shape index (κ3) is 4.24. The second-order valence-corrected chi connectivity index (χ2v) is 10.8. The predicted octanol–water partition coefficient (Wildman–Crippen LogP) is 11.2. The molecule has 7 aromatic carbocycles. The van der Waals surface area contributed by atoms with Crippen LogP contribution in [0.5, 0.6) is 0 Å². The molecule has 0 radical (unpaired) electrons. The van der Waals surface area contributed by atoms with Crippen molar-refractivity contribution in [2.24, 2.45) is 0 Å². The average Bonchev–Trinajstić information content (AvgIpc) is 3.07. The normalized spacial score (nSPS) is 11.3. The van der Waals surface area contributed by atoms with E-state index in [0.29, 0.717) is 0 Å². The van der Waals surface area contributed by atoms with Crippen LogP contribution in [0.3, 0.4) is 0 Å². The van der Waals surface area contributed by atoms with E-state index in [9.17, 15) is 0 Å². The minimum atomic E-state index is 0.986. The molecule has 0 aliphatic carbocycles. The Labute approximate surface area is 245 Å². The highest BCUT2D eigenvalue weighted by Gasteiger charge is 2.13. The standard InChI is InChI=1S/C41H27N/c1-3-11-28(12-4-1)34-18-9-15-30-21-23-32(25-37(30)34)33-24-22-31-16-10-19-36(38(31)26-33)41-27-39(29-13-5-2-6-14-29)35-17-7-8-20-40(35)42-41/h1-27H. The van der Waals surface area contributed by atoms with Crippen molar-refractivity contribution < 1.29 is 0 Å². The Morgan fingerprint density at radius 1 is 0.310 bits per heavy atom. The molecule has 0 aliphatic rings. The molecule has 0 bridgehead atoms. The molecule has 42 heavy (non-hydrogen) atoms. The zero-order valence-electron chi connectivity index (χ0n) is 23.0. The Morgan fingerprint density at radius 2 is 0.857 bits per heavy atom. The van der Waals surface area contributed by atoms with Crippen LogP contribution in [0.25, 0.3) is 77.1 Å². The first-order valence-electron chi connectivity index (χ1n) is 14.4. The molecule has 0 saturated carbocycles. The van der Waals surface area contributed by atoms with E-state index < -0.39 is 0 Å². The molecular formula is C41H27N. The predicted molar refractivity (Wildman–Crippen MR) is 178 cm³/mol. The van der Waals surface area contributed by atoms with Crippen molar-refractivity contribution >= 4 is 32.4 Å². The van der Waals surface area contributed by atoms with Gasteiger partial charge in [0.25, 0.3) is 0 Å². The van der Waals surface area contributed by atoms with E-state index in [4.69, 9.17) is 4.98 Å². The summed E-state index contributed by atoms with van der Waals surface area (Å²) in [5.74, 6) is 0. The van der Waals surface area contributed by atoms with Crippen LogP contribution >= 0.6 is 0 Å². The van der Waals surface area contributed by atoms with Gasteiger partial charge in [0.05, 0.1) is 11.2 Å². The highest BCUT2D eigenvalue weighted by molar-refractivity contribution is 6.03. The maximum atomic E-state index is 5.17. The summed E-state index contributed by atoms with van der Waals surface area (Å²) in [6.07, 6.45) is 0. The quantitative estimate of drug-likeness (QED) is 0.219. The van der Waals surface area contributed by atoms with Crippen molar-refractivity contribution in [1.29, 1.82) is 0 Å². The van der Waals surface area contributed by atoms with Crippen LogP contribution in [0.1, 0.15) is 0 Å². The molecule has 0 saturated heterocycles. The Morgan fingerprint density at radius 3 is 1.52 bits per heavy atom. The number of para-hydroxylation sites is 1. The van der Waals surface area contributed by atoms with Crippen molar-refractivity contribution in [2.45, 2.75) is 0 Å². The highest BCUT2D eigenvalue weighted by Crippen LogP contribution is 2.37. The summed E-state index contributed by atoms with van der Waals surface area (Å²) < 4.78 is 0. The molecule has 1 nitrogen and oxygen atoms in total. The van der Waals surface area contributed by atoms with Gasteiger partial charge in [0.2, 0.25) is 0 Å². The molecule has 0 aliphatic heterocycles. The van der Waals surface area contributed by atoms with Crippen molar-refractivity contribution in [3.63, 3.8) is 0 Å². The van der Waals surface area contributed by atoms with Crippen LogP contribution in [-0.2, 0) is 0 Å². The molecule has 0 atom stereocenters. The summed E-state index contributed by atoms with van der Waals surface area (Å²) in [5, 5.41) is 6.08. The topological polar surface area (TPSA) is 12.9 Å². The minimum absolute atomic E-state index is 0.986. The molecule has 8 aromatic rings. The van der Waals surface area contributed by atoms with Crippen molar-refractivity contribution in [3.8, 4) is 44.6 Å². The molecule has 1 heterocycles. The molecule has 1 aromatic heterocycles. The van der Waals surface area contributed by atoms with Gasteiger partial charge in [0, 0.05) is 10.9 Å². The number of fused-ring (bicyclic) bond motifs is 3. The Hall–Kier alpha value is -5.53. The number of aromatic nitrogens is 1. The largest absolute Gasteiger partial charge is 0.248 e. The van der Waals surface area contributed by atoms with E-state index in [0.717, 1.165) is 16.8 Å². The van der Waals surface area contributed by atoms with Crippen LogP contribution in [0.2, 0.25) is 0 Å². The lowest BCUT2D eigenvalue weighted by Crippen LogP contribution is -1.91. The fraction of sp³-hybridized carbons (Fsp3) is 0. The van der Waals surface area contributed by atoms with E-state index in [1.54, 1.807) is 0 Å². The monoisotopic (exact) mass is 533 g/mol. The number of nitrogens with zero attached hydrogens (tertiary/aromatic N) is 1. The van der Waals surface area contributed by atoms with Crippen LogP contribution in [-0.4, -0.2) is 4.98 Å². The molecule has 0 N–H and O–H groups in total. The van der Waals surface area contributed by atoms with E-state index in [2.05, 4.69) is 164 Å². The lowest BCUT2D eigenvalue weighted by atomic mass is 9.92. The third-order valence-corrected chi connectivity index (χ3v) is 8.26. The lowest BCUT2D eigenvalue weighted by Gasteiger charge is -2.13. The minimum Gasteiger partial charge on any atom is -0.248 e. The highest BCUT2D eigenvalue weighted by atomic mass is 14.7. The molecule has 196 valence electrons. The summed E-state index contributed by atoms with van der Waals surface area (Å²) in [6.45, 7) is 0. The first kappa shape index (κ1) is 24.3. The Kier molecular flexibility index (Phi) is 5.86. The van der Waals surface area contributed by atoms with Gasteiger partial charge in [-0.2, -0.15) is 0 Å². The summed E-state index contributed by atoms with van der Waals surface area (Å²) >= 11 is 0. The van der Waals surface area contributed by atoms with Gasteiger partial charge in [-0.25, -0.2) is 4.98 Å². The number of hydrogen-bond donors (Lipinski definition) is 0. The van der Waals surface area contributed by atoms with Gasteiger partial charge in [-0.15, -0.1) is 0 Å². The van der Waals surface area contributed by atoms with Gasteiger partial charge in [0.15, 0.2) is 0 Å².